The second kappa shape index (κ2) is 6.05. The first-order valence-corrected chi connectivity index (χ1v) is 6.10. The van der Waals surface area contributed by atoms with Crippen molar-refractivity contribution in [2.24, 2.45) is 0 Å². The molecule has 0 radical (unpaired) electrons. The first-order chi connectivity index (χ1) is 9.20. The Morgan fingerprint density at radius 3 is 2.11 bits per heavy atom. The van der Waals surface area contributed by atoms with Crippen molar-refractivity contribution in [2.75, 3.05) is 7.11 Å². The van der Waals surface area contributed by atoms with Gasteiger partial charge in [-0.15, -0.1) is 0 Å². The topological polar surface area (TPSA) is 35.5 Å². The zero-order chi connectivity index (χ0) is 13.7. The summed E-state index contributed by atoms with van der Waals surface area (Å²) in [6.07, 6.45) is -0.604. The van der Waals surface area contributed by atoms with E-state index < -0.39 is 6.10 Å². The van der Waals surface area contributed by atoms with Gasteiger partial charge in [-0.25, -0.2) is 4.79 Å². The average Bonchev–Trinajstić information content (AvgIpc) is 2.48. The molecule has 0 unspecified atom stereocenters. The molecule has 0 aliphatic heterocycles. The molecule has 2 aromatic rings. The van der Waals surface area contributed by atoms with Gasteiger partial charge in [-0.1, -0.05) is 42.5 Å². The van der Waals surface area contributed by atoms with Gasteiger partial charge in [0.25, 0.3) is 0 Å². The molecule has 1 atom stereocenters. The van der Waals surface area contributed by atoms with Gasteiger partial charge in [-0.2, -0.15) is 0 Å². The van der Waals surface area contributed by atoms with Crippen LogP contribution in [0.3, 0.4) is 0 Å². The molecule has 0 spiro atoms. The van der Waals surface area contributed by atoms with Gasteiger partial charge in [0.2, 0.25) is 0 Å². The summed E-state index contributed by atoms with van der Waals surface area (Å²) in [6.45, 7) is 1.66. The Hall–Kier alpha value is -2.29. The lowest BCUT2D eigenvalue weighted by atomic mass is 10.1. The van der Waals surface area contributed by atoms with E-state index in [0.717, 1.165) is 11.1 Å². The SMILES string of the molecule is COC(=O)[C@@H](C)Oc1ccc(-c2ccccc2)cc1. The number of rotatable bonds is 4. The van der Waals surface area contributed by atoms with Crippen LogP contribution in [0.15, 0.2) is 54.6 Å². The fourth-order valence-corrected chi connectivity index (χ4v) is 1.77. The molecular weight excluding hydrogens is 240 g/mol. The quantitative estimate of drug-likeness (QED) is 0.787. The second-order valence-electron chi connectivity index (χ2n) is 4.17. The van der Waals surface area contributed by atoms with Gasteiger partial charge in [-0.05, 0) is 30.2 Å². The fraction of sp³-hybridized carbons (Fsp3) is 0.188. The number of hydrogen-bond donors (Lipinski definition) is 0. The molecule has 0 bridgehead atoms. The number of methoxy groups -OCH3 is 1. The molecule has 0 heterocycles. The minimum absolute atomic E-state index is 0.382. The van der Waals surface area contributed by atoms with Crippen LogP contribution in [-0.4, -0.2) is 19.2 Å². The van der Waals surface area contributed by atoms with Gasteiger partial charge >= 0.3 is 5.97 Å². The Morgan fingerprint density at radius 2 is 1.53 bits per heavy atom. The number of benzene rings is 2. The highest BCUT2D eigenvalue weighted by molar-refractivity contribution is 5.74. The summed E-state index contributed by atoms with van der Waals surface area (Å²) in [7, 11) is 1.35. The normalized spacial score (nSPS) is 11.7. The standard InChI is InChI=1S/C16H16O3/c1-12(16(17)18-2)19-15-10-8-14(9-11-15)13-6-4-3-5-7-13/h3-12H,1-2H3/t12-/m1/s1. The van der Waals surface area contributed by atoms with E-state index in [-0.39, 0.29) is 5.97 Å². The minimum atomic E-state index is -0.604. The second-order valence-corrected chi connectivity index (χ2v) is 4.17. The van der Waals surface area contributed by atoms with Crippen molar-refractivity contribution in [1.29, 1.82) is 0 Å². The van der Waals surface area contributed by atoms with Crippen molar-refractivity contribution >= 4 is 5.97 Å². The van der Waals surface area contributed by atoms with E-state index in [9.17, 15) is 4.79 Å². The van der Waals surface area contributed by atoms with E-state index in [1.54, 1.807) is 6.92 Å². The van der Waals surface area contributed by atoms with Gasteiger partial charge in [0.15, 0.2) is 6.10 Å². The molecule has 0 saturated carbocycles. The lowest BCUT2D eigenvalue weighted by molar-refractivity contribution is -0.147. The summed E-state index contributed by atoms with van der Waals surface area (Å²) in [5.74, 6) is 0.268. The molecule has 0 saturated heterocycles. The lowest BCUT2D eigenvalue weighted by Gasteiger charge is -2.12. The summed E-state index contributed by atoms with van der Waals surface area (Å²) in [5.41, 5.74) is 2.26. The van der Waals surface area contributed by atoms with Crippen LogP contribution in [0.5, 0.6) is 5.75 Å². The van der Waals surface area contributed by atoms with Gasteiger partial charge in [-0.3, -0.25) is 0 Å². The largest absolute Gasteiger partial charge is 0.479 e. The minimum Gasteiger partial charge on any atom is -0.479 e. The maximum absolute atomic E-state index is 11.3. The van der Waals surface area contributed by atoms with Gasteiger partial charge in [0.05, 0.1) is 7.11 Å². The average molecular weight is 256 g/mol. The molecule has 0 aromatic heterocycles. The highest BCUT2D eigenvalue weighted by atomic mass is 16.6. The van der Waals surface area contributed by atoms with E-state index in [4.69, 9.17) is 4.74 Å². The first kappa shape index (κ1) is 13.1. The molecule has 2 rings (SSSR count). The third-order valence-corrected chi connectivity index (χ3v) is 2.81. The molecule has 3 nitrogen and oxygen atoms in total. The molecule has 19 heavy (non-hydrogen) atoms. The monoisotopic (exact) mass is 256 g/mol. The van der Waals surface area contributed by atoms with E-state index in [0.29, 0.717) is 5.75 Å². The predicted molar refractivity (Wildman–Crippen MR) is 74.0 cm³/mol. The van der Waals surface area contributed by atoms with Crippen LogP contribution in [0.25, 0.3) is 11.1 Å². The zero-order valence-electron chi connectivity index (χ0n) is 11.0. The molecule has 98 valence electrons. The predicted octanol–water partition coefficient (Wildman–Crippen LogP) is 3.29. The van der Waals surface area contributed by atoms with Crippen molar-refractivity contribution in [3.8, 4) is 16.9 Å². The van der Waals surface area contributed by atoms with Crippen LogP contribution in [0.4, 0.5) is 0 Å². The van der Waals surface area contributed by atoms with Crippen molar-refractivity contribution in [2.45, 2.75) is 13.0 Å². The Kier molecular flexibility index (Phi) is 4.18. The summed E-state index contributed by atoms with van der Waals surface area (Å²) in [5, 5.41) is 0. The summed E-state index contributed by atoms with van der Waals surface area (Å²) in [4.78, 5) is 11.3. The third-order valence-electron chi connectivity index (χ3n) is 2.81. The smallest absolute Gasteiger partial charge is 0.346 e. The first-order valence-electron chi connectivity index (χ1n) is 6.10. The molecule has 0 aliphatic carbocycles. The Labute approximate surface area is 112 Å². The molecule has 3 heteroatoms. The zero-order valence-corrected chi connectivity index (χ0v) is 11.0. The molecule has 0 aliphatic rings. The van der Waals surface area contributed by atoms with E-state index in [1.807, 2.05) is 54.6 Å². The summed E-state index contributed by atoms with van der Waals surface area (Å²) < 4.78 is 10.1. The van der Waals surface area contributed by atoms with Crippen molar-refractivity contribution in [3.05, 3.63) is 54.6 Å². The molecule has 0 fully saturated rings. The van der Waals surface area contributed by atoms with Crippen LogP contribution in [-0.2, 0) is 9.53 Å². The van der Waals surface area contributed by atoms with E-state index in [1.165, 1.54) is 7.11 Å². The van der Waals surface area contributed by atoms with Gasteiger partial charge < -0.3 is 9.47 Å². The van der Waals surface area contributed by atoms with Crippen molar-refractivity contribution in [3.63, 3.8) is 0 Å². The number of carbonyl (C=O) groups excluding carboxylic acids is 1. The lowest BCUT2D eigenvalue weighted by Crippen LogP contribution is -2.24. The molecule has 0 amide bonds. The maximum Gasteiger partial charge on any atom is 0.346 e. The molecular formula is C16H16O3. The van der Waals surface area contributed by atoms with Crippen molar-refractivity contribution in [1.82, 2.24) is 0 Å². The number of hydrogen-bond acceptors (Lipinski definition) is 3. The Balaban J connectivity index is 2.09. The van der Waals surface area contributed by atoms with Crippen LogP contribution in [0.2, 0.25) is 0 Å². The van der Waals surface area contributed by atoms with Crippen LogP contribution in [0, 0.1) is 0 Å². The fourth-order valence-electron chi connectivity index (χ4n) is 1.77. The number of esters is 1. The van der Waals surface area contributed by atoms with Crippen molar-refractivity contribution < 1.29 is 14.3 Å². The highest BCUT2D eigenvalue weighted by Gasteiger charge is 2.14. The summed E-state index contributed by atoms with van der Waals surface area (Å²) >= 11 is 0. The third kappa shape index (κ3) is 3.35. The molecule has 0 N–H and O–H groups in total. The van der Waals surface area contributed by atoms with E-state index in [2.05, 4.69) is 4.74 Å². The summed E-state index contributed by atoms with van der Waals surface area (Å²) in [6, 6.07) is 17.7. The Bertz CT molecular complexity index is 532. The number of ether oxygens (including phenoxy) is 2. The molecule has 2 aromatic carbocycles. The van der Waals surface area contributed by atoms with Gasteiger partial charge in [0, 0.05) is 0 Å². The number of carbonyl (C=O) groups is 1. The van der Waals surface area contributed by atoms with Crippen LogP contribution in [0.1, 0.15) is 6.92 Å². The Morgan fingerprint density at radius 1 is 0.947 bits per heavy atom. The highest BCUT2D eigenvalue weighted by Crippen LogP contribution is 2.22. The van der Waals surface area contributed by atoms with Crippen LogP contribution < -0.4 is 4.74 Å². The maximum atomic E-state index is 11.3. The van der Waals surface area contributed by atoms with Gasteiger partial charge in [0.1, 0.15) is 5.75 Å². The van der Waals surface area contributed by atoms with Crippen LogP contribution >= 0.6 is 0 Å². The van der Waals surface area contributed by atoms with E-state index >= 15 is 0 Å².